The molecule has 2 amide bonds. The van der Waals surface area contributed by atoms with Crippen LogP contribution in [0.2, 0.25) is 0 Å². The van der Waals surface area contributed by atoms with Crippen LogP contribution >= 0.6 is 0 Å². The maximum Gasteiger partial charge on any atom is 0.434 e. The minimum atomic E-state index is -0.669. The highest BCUT2D eigenvalue weighted by molar-refractivity contribution is 5.69. The van der Waals surface area contributed by atoms with Crippen molar-refractivity contribution >= 4 is 12.2 Å². The van der Waals surface area contributed by atoms with Crippen molar-refractivity contribution < 1.29 is 28.6 Å². The van der Waals surface area contributed by atoms with Gasteiger partial charge in [0, 0.05) is 20.2 Å². The van der Waals surface area contributed by atoms with Crippen LogP contribution in [0.3, 0.4) is 0 Å². The van der Waals surface area contributed by atoms with Crippen LogP contribution < -0.4 is 0 Å². The van der Waals surface area contributed by atoms with Crippen LogP contribution in [0, 0.1) is 0 Å². The maximum absolute atomic E-state index is 12.6. The number of carbonyl (C=O) groups is 2. The zero-order chi connectivity index (χ0) is 22.7. The van der Waals surface area contributed by atoms with Crippen LogP contribution in [0.1, 0.15) is 48.5 Å². The molecule has 0 rings (SSSR count). The molecule has 29 heavy (non-hydrogen) atoms. The van der Waals surface area contributed by atoms with Gasteiger partial charge in [-0.2, -0.15) is 5.06 Å². The lowest BCUT2D eigenvalue weighted by atomic mass is 10.2. The van der Waals surface area contributed by atoms with Crippen molar-refractivity contribution in [1.29, 1.82) is 0 Å². The van der Waals surface area contributed by atoms with Crippen molar-refractivity contribution in [2.45, 2.75) is 59.7 Å². The minimum Gasteiger partial charge on any atom is -0.444 e. The Morgan fingerprint density at radius 2 is 1.52 bits per heavy atom. The van der Waals surface area contributed by atoms with Gasteiger partial charge in [0.25, 0.3) is 0 Å². The molecule has 168 valence electrons. The van der Waals surface area contributed by atoms with Crippen molar-refractivity contribution in [3.05, 3.63) is 24.3 Å². The summed E-state index contributed by atoms with van der Waals surface area (Å²) in [6, 6.07) is 0. The number of hydrogen-bond acceptors (Lipinski definition) is 6. The molecule has 0 N–H and O–H groups in total. The average molecular weight is 415 g/mol. The Kier molecular flexibility index (Phi) is 11.6. The highest BCUT2D eigenvalue weighted by Gasteiger charge is 2.26. The molecule has 0 saturated carbocycles. The first-order valence-corrected chi connectivity index (χ1v) is 9.66. The average Bonchev–Trinajstić information content (AvgIpc) is 2.54. The summed E-state index contributed by atoms with van der Waals surface area (Å²) < 4.78 is 15.9. The fourth-order valence-corrected chi connectivity index (χ4v) is 2.01. The molecule has 0 aliphatic rings. The van der Waals surface area contributed by atoms with Crippen molar-refractivity contribution in [1.82, 2.24) is 9.96 Å². The molecule has 0 unspecified atom stereocenters. The van der Waals surface area contributed by atoms with Crippen molar-refractivity contribution in [3.8, 4) is 0 Å². The lowest BCUT2D eigenvalue weighted by molar-refractivity contribution is -0.139. The van der Waals surface area contributed by atoms with E-state index >= 15 is 0 Å². The zero-order valence-corrected chi connectivity index (χ0v) is 19.2. The third-order valence-corrected chi connectivity index (χ3v) is 3.20. The van der Waals surface area contributed by atoms with Gasteiger partial charge in [-0.15, -0.1) is 6.58 Å². The summed E-state index contributed by atoms with van der Waals surface area (Å²) in [6.45, 7) is 17.4. The summed E-state index contributed by atoms with van der Waals surface area (Å²) in [7, 11) is 1.61. The van der Waals surface area contributed by atoms with E-state index in [0.717, 1.165) is 10.6 Å². The number of hydrogen-bond donors (Lipinski definition) is 0. The van der Waals surface area contributed by atoms with Crippen LogP contribution in [-0.4, -0.2) is 73.3 Å². The Labute approximate surface area is 175 Å². The number of amides is 2. The topological polar surface area (TPSA) is 77.5 Å². The Balaban J connectivity index is 5.26. The van der Waals surface area contributed by atoms with E-state index in [-0.39, 0.29) is 19.7 Å². The van der Waals surface area contributed by atoms with E-state index in [2.05, 4.69) is 6.58 Å². The highest BCUT2D eigenvalue weighted by Crippen LogP contribution is 2.13. The smallest absolute Gasteiger partial charge is 0.434 e. The largest absolute Gasteiger partial charge is 0.444 e. The van der Waals surface area contributed by atoms with Gasteiger partial charge in [-0.25, -0.2) is 9.59 Å². The molecule has 0 aliphatic carbocycles. The van der Waals surface area contributed by atoms with Gasteiger partial charge >= 0.3 is 12.2 Å². The van der Waals surface area contributed by atoms with Crippen LogP contribution in [0.4, 0.5) is 9.59 Å². The molecule has 0 aliphatic heterocycles. The van der Waals surface area contributed by atoms with Crippen molar-refractivity contribution in [2.75, 3.05) is 40.0 Å². The number of rotatable bonds is 10. The summed E-state index contributed by atoms with van der Waals surface area (Å²) in [4.78, 5) is 31.9. The van der Waals surface area contributed by atoms with E-state index in [9.17, 15) is 9.59 Å². The van der Waals surface area contributed by atoms with Gasteiger partial charge in [0.05, 0.1) is 19.8 Å². The molecule has 0 aromatic rings. The van der Waals surface area contributed by atoms with E-state index in [4.69, 9.17) is 19.0 Å². The van der Waals surface area contributed by atoms with Crippen LogP contribution in [-0.2, 0) is 19.0 Å². The number of hydroxylamine groups is 2. The standard InChI is InChI=1S/C21H38N2O6/c1-10-15-27-23(19(25)29-21(6,7)8)14-13-22(12-11-17(2)16-26-9)18(24)28-20(3,4)5/h10-11H,1,12-16H2,2-9H3/b17-11+. The van der Waals surface area contributed by atoms with E-state index in [1.165, 1.54) is 11.0 Å². The first kappa shape index (κ1) is 26.9. The predicted octanol–water partition coefficient (Wildman–Crippen LogP) is 4.17. The molecule has 0 aromatic heterocycles. The normalized spacial score (nSPS) is 12.3. The molecule has 0 aromatic carbocycles. The lowest BCUT2D eigenvalue weighted by Gasteiger charge is -2.30. The van der Waals surface area contributed by atoms with E-state index in [0.29, 0.717) is 13.2 Å². The quantitative estimate of drug-likeness (QED) is 0.394. The van der Waals surface area contributed by atoms with Gasteiger partial charge in [-0.1, -0.05) is 17.7 Å². The number of ether oxygens (including phenoxy) is 3. The molecule has 0 bridgehead atoms. The summed E-state index contributed by atoms with van der Waals surface area (Å²) >= 11 is 0. The number of nitrogens with zero attached hydrogens (tertiary/aromatic N) is 2. The van der Waals surface area contributed by atoms with E-state index < -0.39 is 23.4 Å². The summed E-state index contributed by atoms with van der Waals surface area (Å²) in [5.41, 5.74) is -0.323. The van der Waals surface area contributed by atoms with Gasteiger partial charge in [0.2, 0.25) is 0 Å². The zero-order valence-electron chi connectivity index (χ0n) is 19.2. The van der Waals surface area contributed by atoms with Crippen molar-refractivity contribution in [3.63, 3.8) is 0 Å². The Morgan fingerprint density at radius 3 is 2.00 bits per heavy atom. The maximum atomic E-state index is 12.6. The molecular formula is C21H38N2O6. The van der Waals surface area contributed by atoms with Crippen molar-refractivity contribution in [2.24, 2.45) is 0 Å². The molecule has 0 fully saturated rings. The van der Waals surface area contributed by atoms with Crippen LogP contribution in [0.15, 0.2) is 24.3 Å². The fraction of sp³-hybridized carbons (Fsp3) is 0.714. The molecular weight excluding hydrogens is 376 g/mol. The number of carbonyl (C=O) groups excluding carboxylic acids is 2. The Hall–Kier alpha value is -2.06. The predicted molar refractivity (Wildman–Crippen MR) is 113 cm³/mol. The molecule has 8 heteroatoms. The van der Waals surface area contributed by atoms with Gasteiger partial charge in [-0.3, -0.25) is 4.84 Å². The first-order valence-electron chi connectivity index (χ1n) is 9.66. The lowest BCUT2D eigenvalue weighted by Crippen LogP contribution is -2.44. The highest BCUT2D eigenvalue weighted by atomic mass is 16.7. The first-order chi connectivity index (χ1) is 13.3. The summed E-state index contributed by atoms with van der Waals surface area (Å²) in [5.74, 6) is 0. The molecule has 0 radical (unpaired) electrons. The van der Waals surface area contributed by atoms with Gasteiger partial charge in [-0.05, 0) is 48.5 Å². The minimum absolute atomic E-state index is 0.110. The molecule has 0 spiro atoms. The fourth-order valence-electron chi connectivity index (χ4n) is 2.01. The second-order valence-electron chi connectivity index (χ2n) is 8.58. The second-order valence-corrected chi connectivity index (χ2v) is 8.58. The number of methoxy groups -OCH3 is 1. The molecule has 8 nitrogen and oxygen atoms in total. The third kappa shape index (κ3) is 13.7. The van der Waals surface area contributed by atoms with Gasteiger partial charge in [0.1, 0.15) is 11.2 Å². The molecule has 0 heterocycles. The summed E-state index contributed by atoms with van der Waals surface area (Å²) in [6.07, 6.45) is 2.30. The molecule has 0 saturated heterocycles. The third-order valence-electron chi connectivity index (χ3n) is 3.20. The Morgan fingerprint density at radius 1 is 0.966 bits per heavy atom. The monoisotopic (exact) mass is 414 g/mol. The Bertz CT molecular complexity index is 560. The SMILES string of the molecule is C=CCON(CCN(C/C=C(\C)COC)C(=O)OC(C)(C)C)C(=O)OC(C)(C)C. The van der Waals surface area contributed by atoms with Gasteiger partial charge < -0.3 is 19.1 Å². The van der Waals surface area contributed by atoms with Crippen LogP contribution in [0.5, 0.6) is 0 Å². The van der Waals surface area contributed by atoms with E-state index in [1.54, 1.807) is 48.7 Å². The van der Waals surface area contributed by atoms with E-state index in [1.807, 2.05) is 13.0 Å². The van der Waals surface area contributed by atoms with Gasteiger partial charge in [0.15, 0.2) is 0 Å². The summed E-state index contributed by atoms with van der Waals surface area (Å²) in [5, 5.41) is 1.09. The second kappa shape index (κ2) is 12.5. The molecule has 0 atom stereocenters. The van der Waals surface area contributed by atoms with Crippen LogP contribution in [0.25, 0.3) is 0 Å².